The van der Waals surface area contributed by atoms with Gasteiger partial charge in [0.1, 0.15) is 13.2 Å². The van der Waals surface area contributed by atoms with Crippen LogP contribution >= 0.6 is 0 Å². The topological polar surface area (TPSA) is 62.8 Å². The Kier molecular flexibility index (Phi) is 5.05. The first kappa shape index (κ1) is 17.5. The van der Waals surface area contributed by atoms with Gasteiger partial charge in [-0.3, -0.25) is 0 Å². The molecule has 2 aromatic carbocycles. The zero-order valence-electron chi connectivity index (χ0n) is 15.5. The predicted octanol–water partition coefficient (Wildman–Crippen LogP) is 4.34. The van der Waals surface area contributed by atoms with Crippen LogP contribution in [0.4, 0.5) is 21.9 Å². The predicted molar refractivity (Wildman–Crippen MR) is 107 cm³/mol. The van der Waals surface area contributed by atoms with Crippen molar-refractivity contribution >= 4 is 23.1 Å². The molecule has 27 heavy (non-hydrogen) atoms. The zero-order chi connectivity index (χ0) is 18.6. The maximum atomic E-state index is 12.3. The molecule has 0 aromatic heterocycles. The third kappa shape index (κ3) is 4.27. The van der Waals surface area contributed by atoms with E-state index in [0.29, 0.717) is 30.4 Å². The number of ether oxygens (including phenoxy) is 2. The second kappa shape index (κ2) is 7.78. The Hall–Kier alpha value is -2.89. The van der Waals surface area contributed by atoms with Crippen LogP contribution in [0.5, 0.6) is 11.5 Å². The van der Waals surface area contributed by atoms with Crippen LogP contribution in [-0.2, 0) is 0 Å². The van der Waals surface area contributed by atoms with Crippen LogP contribution in [0, 0.1) is 5.92 Å². The molecule has 0 bridgehead atoms. The molecule has 2 aliphatic heterocycles. The molecule has 2 aliphatic rings. The van der Waals surface area contributed by atoms with E-state index in [-0.39, 0.29) is 6.03 Å². The number of hydrogen-bond acceptors (Lipinski definition) is 4. The number of hydrogen-bond donors (Lipinski definition) is 2. The van der Waals surface area contributed by atoms with Crippen LogP contribution in [-0.4, -0.2) is 32.3 Å². The lowest BCUT2D eigenvalue weighted by atomic mass is 9.99. The first-order valence-electron chi connectivity index (χ1n) is 9.50. The van der Waals surface area contributed by atoms with E-state index in [1.165, 1.54) is 18.5 Å². The van der Waals surface area contributed by atoms with Gasteiger partial charge in [-0.1, -0.05) is 6.92 Å². The fraction of sp³-hybridized carbons (Fsp3) is 0.381. The van der Waals surface area contributed by atoms with E-state index in [9.17, 15) is 4.79 Å². The number of anilines is 3. The fourth-order valence-electron chi connectivity index (χ4n) is 3.44. The van der Waals surface area contributed by atoms with Crippen LogP contribution in [0.1, 0.15) is 19.8 Å². The van der Waals surface area contributed by atoms with Gasteiger partial charge in [0.15, 0.2) is 11.5 Å². The van der Waals surface area contributed by atoms with Crippen molar-refractivity contribution < 1.29 is 14.3 Å². The first-order valence-corrected chi connectivity index (χ1v) is 9.50. The van der Waals surface area contributed by atoms with E-state index < -0.39 is 0 Å². The van der Waals surface area contributed by atoms with Crippen LogP contribution in [0.3, 0.4) is 0 Å². The molecular weight excluding hydrogens is 342 g/mol. The summed E-state index contributed by atoms with van der Waals surface area (Å²) in [5.41, 5.74) is 2.63. The standard InChI is InChI=1S/C21H25N3O3/c1-15-8-10-24(11-9-15)18-5-2-16(3-6-18)22-21(25)23-17-4-7-19-20(14-17)27-13-12-26-19/h2-7,14-15H,8-13H2,1H3,(H2,22,23,25). The van der Waals surface area contributed by atoms with Gasteiger partial charge in [0, 0.05) is 36.2 Å². The van der Waals surface area contributed by atoms with Crippen LogP contribution < -0.4 is 25.0 Å². The second-order valence-electron chi connectivity index (χ2n) is 7.15. The highest BCUT2D eigenvalue weighted by Crippen LogP contribution is 2.32. The number of nitrogens with one attached hydrogen (secondary N) is 2. The molecule has 0 radical (unpaired) electrons. The van der Waals surface area contributed by atoms with Crippen LogP contribution in [0.2, 0.25) is 0 Å². The van der Waals surface area contributed by atoms with E-state index in [2.05, 4.69) is 34.6 Å². The lowest BCUT2D eigenvalue weighted by molar-refractivity contribution is 0.171. The van der Waals surface area contributed by atoms with E-state index >= 15 is 0 Å². The summed E-state index contributed by atoms with van der Waals surface area (Å²) >= 11 is 0. The smallest absolute Gasteiger partial charge is 0.323 e. The molecule has 6 heteroatoms. The minimum Gasteiger partial charge on any atom is -0.486 e. The highest BCUT2D eigenvalue weighted by molar-refractivity contribution is 6.00. The Morgan fingerprint density at radius 3 is 2.30 bits per heavy atom. The Balaban J connectivity index is 1.34. The molecule has 2 heterocycles. The van der Waals surface area contributed by atoms with Gasteiger partial charge in [0.05, 0.1) is 0 Å². The number of nitrogens with zero attached hydrogens (tertiary/aromatic N) is 1. The Morgan fingerprint density at radius 2 is 1.56 bits per heavy atom. The van der Waals surface area contributed by atoms with E-state index in [1.807, 2.05) is 12.1 Å². The molecule has 6 nitrogen and oxygen atoms in total. The number of piperidine rings is 1. The van der Waals surface area contributed by atoms with Gasteiger partial charge in [-0.15, -0.1) is 0 Å². The van der Waals surface area contributed by atoms with Gasteiger partial charge in [-0.2, -0.15) is 0 Å². The van der Waals surface area contributed by atoms with Gasteiger partial charge in [0.2, 0.25) is 0 Å². The zero-order valence-corrected chi connectivity index (χ0v) is 15.5. The third-order valence-electron chi connectivity index (χ3n) is 5.07. The molecule has 1 saturated heterocycles. The van der Waals surface area contributed by atoms with Crippen molar-refractivity contribution in [2.24, 2.45) is 5.92 Å². The van der Waals surface area contributed by atoms with E-state index in [4.69, 9.17) is 9.47 Å². The minimum atomic E-state index is -0.286. The highest BCUT2D eigenvalue weighted by atomic mass is 16.6. The first-order chi connectivity index (χ1) is 13.2. The normalized spacial score (nSPS) is 16.7. The highest BCUT2D eigenvalue weighted by Gasteiger charge is 2.16. The summed E-state index contributed by atoms with van der Waals surface area (Å²) in [4.78, 5) is 14.7. The van der Waals surface area contributed by atoms with Crippen molar-refractivity contribution in [2.45, 2.75) is 19.8 Å². The lowest BCUT2D eigenvalue weighted by Crippen LogP contribution is -2.32. The Bertz CT molecular complexity index is 799. The van der Waals surface area contributed by atoms with Gasteiger partial charge >= 0.3 is 6.03 Å². The SMILES string of the molecule is CC1CCN(c2ccc(NC(=O)Nc3ccc4c(c3)OCCO4)cc2)CC1. The maximum Gasteiger partial charge on any atom is 0.323 e. The third-order valence-corrected chi connectivity index (χ3v) is 5.07. The molecule has 0 spiro atoms. The molecule has 0 unspecified atom stereocenters. The summed E-state index contributed by atoms with van der Waals surface area (Å²) in [7, 11) is 0. The Labute approximate surface area is 159 Å². The molecule has 2 N–H and O–H groups in total. The Morgan fingerprint density at radius 1 is 0.926 bits per heavy atom. The molecule has 142 valence electrons. The van der Waals surface area contributed by atoms with Crippen molar-refractivity contribution in [1.29, 1.82) is 0 Å². The number of carbonyl (C=O) groups is 1. The van der Waals surface area contributed by atoms with Crippen molar-refractivity contribution in [3.8, 4) is 11.5 Å². The fourth-order valence-corrected chi connectivity index (χ4v) is 3.44. The number of carbonyl (C=O) groups excluding carboxylic acids is 1. The quantitative estimate of drug-likeness (QED) is 0.847. The summed E-state index contributed by atoms with van der Waals surface area (Å²) in [5.74, 6) is 2.17. The summed E-state index contributed by atoms with van der Waals surface area (Å²) in [6.45, 7) is 5.57. The summed E-state index contributed by atoms with van der Waals surface area (Å²) in [5, 5.41) is 5.69. The van der Waals surface area contributed by atoms with Crippen molar-refractivity contribution in [3.05, 3.63) is 42.5 Å². The molecule has 0 aliphatic carbocycles. The number of amides is 2. The minimum absolute atomic E-state index is 0.286. The summed E-state index contributed by atoms with van der Waals surface area (Å²) in [6, 6.07) is 13.1. The average molecular weight is 367 g/mol. The lowest BCUT2D eigenvalue weighted by Gasteiger charge is -2.32. The molecule has 0 atom stereocenters. The molecular formula is C21H25N3O3. The number of benzene rings is 2. The monoisotopic (exact) mass is 367 g/mol. The van der Waals surface area contributed by atoms with Gasteiger partial charge in [-0.05, 0) is 55.2 Å². The maximum absolute atomic E-state index is 12.3. The number of rotatable bonds is 3. The number of urea groups is 1. The molecule has 0 saturated carbocycles. The van der Waals surface area contributed by atoms with Crippen molar-refractivity contribution in [1.82, 2.24) is 0 Å². The van der Waals surface area contributed by atoms with Crippen molar-refractivity contribution in [3.63, 3.8) is 0 Å². The van der Waals surface area contributed by atoms with Gasteiger partial charge < -0.3 is 25.0 Å². The summed E-state index contributed by atoms with van der Waals surface area (Å²) in [6.07, 6.45) is 2.47. The molecule has 2 aromatic rings. The van der Waals surface area contributed by atoms with Crippen LogP contribution in [0.15, 0.2) is 42.5 Å². The molecule has 1 fully saturated rings. The van der Waals surface area contributed by atoms with Crippen molar-refractivity contribution in [2.75, 3.05) is 41.8 Å². The number of fused-ring (bicyclic) bond motifs is 1. The van der Waals surface area contributed by atoms with E-state index in [1.54, 1.807) is 18.2 Å². The summed E-state index contributed by atoms with van der Waals surface area (Å²) < 4.78 is 11.0. The molecule has 2 amide bonds. The largest absolute Gasteiger partial charge is 0.486 e. The second-order valence-corrected chi connectivity index (χ2v) is 7.15. The average Bonchev–Trinajstić information content (AvgIpc) is 2.69. The van der Waals surface area contributed by atoms with Gasteiger partial charge in [-0.25, -0.2) is 4.79 Å². The van der Waals surface area contributed by atoms with E-state index in [0.717, 1.165) is 24.7 Å². The van der Waals surface area contributed by atoms with Gasteiger partial charge in [0.25, 0.3) is 0 Å². The van der Waals surface area contributed by atoms with Crippen LogP contribution in [0.25, 0.3) is 0 Å². The molecule has 4 rings (SSSR count).